The Labute approximate surface area is 88.2 Å². The maximum atomic E-state index is 9.11. The predicted octanol–water partition coefficient (Wildman–Crippen LogP) is -3.15. The number of hydrogen-bond acceptors (Lipinski definition) is 3. The fourth-order valence-corrected chi connectivity index (χ4v) is 0. The Morgan fingerprint density at radius 1 is 1.60 bits per heavy atom. The Morgan fingerprint density at radius 3 is 1.70 bits per heavy atom. The van der Waals surface area contributed by atoms with E-state index in [2.05, 4.69) is 18.1 Å². The molecule has 10 heavy (non-hydrogen) atoms. The third-order valence-electron chi connectivity index (χ3n) is 0.204. The third-order valence-corrected chi connectivity index (χ3v) is 0.204. The van der Waals surface area contributed by atoms with E-state index in [1.165, 1.54) is 0 Å². The molecule has 7 heteroatoms. The topological polar surface area (TPSA) is 83.5 Å². The maximum Gasteiger partial charge on any atom is 1.00 e. The zero-order valence-corrected chi connectivity index (χ0v) is 9.45. The predicted molar refractivity (Wildman–Crippen MR) is 39.8 cm³/mol. The Balaban J connectivity index is -0.0000000910. The van der Waals surface area contributed by atoms with Crippen molar-refractivity contribution in [1.82, 2.24) is 0 Å². The van der Waals surface area contributed by atoms with Gasteiger partial charge in [0.2, 0.25) is 0 Å². The SMILES string of the molecule is O=S(O)(O)=S.[CH2-]CCN.[Na+]. The molecular formula is C3H10NNaO3S2. The molecule has 0 saturated heterocycles. The largest absolute Gasteiger partial charge is 1.00 e. The van der Waals surface area contributed by atoms with Gasteiger partial charge >= 0.3 is 29.6 Å². The van der Waals surface area contributed by atoms with E-state index in [9.17, 15) is 0 Å². The Morgan fingerprint density at radius 2 is 1.70 bits per heavy atom. The summed E-state index contributed by atoms with van der Waals surface area (Å²) in [5, 5.41) is 0. The molecular weight excluding hydrogens is 185 g/mol. The summed E-state index contributed by atoms with van der Waals surface area (Å²) in [5.41, 5.74) is 4.97. The Kier molecular flexibility index (Phi) is 17.8. The van der Waals surface area contributed by atoms with E-state index in [4.69, 9.17) is 19.0 Å². The van der Waals surface area contributed by atoms with E-state index < -0.39 is 9.05 Å². The van der Waals surface area contributed by atoms with Gasteiger partial charge in [0.1, 0.15) is 0 Å². The van der Waals surface area contributed by atoms with Crippen LogP contribution in [0.25, 0.3) is 0 Å². The quantitative estimate of drug-likeness (QED) is 0.304. The summed E-state index contributed by atoms with van der Waals surface area (Å²) < 4.78 is 24.0. The Bertz CT molecular complexity index is 125. The first-order valence-electron chi connectivity index (χ1n) is 2.11. The first-order chi connectivity index (χ1) is 3.91. The summed E-state index contributed by atoms with van der Waals surface area (Å²) in [5.74, 6) is 0. The molecule has 0 unspecified atom stereocenters. The van der Waals surface area contributed by atoms with Crippen LogP contribution in [0.15, 0.2) is 0 Å². The standard InChI is InChI=1S/C3H8N.Na.H2O3S2/c1-2-3-4;;1-5(2,3)4/h1-4H2;;(H2,1,2,3,4)/q-1;+1;. The molecule has 0 aliphatic heterocycles. The van der Waals surface area contributed by atoms with Crippen molar-refractivity contribution in [3.63, 3.8) is 0 Å². The van der Waals surface area contributed by atoms with Crippen molar-refractivity contribution >= 4 is 20.2 Å². The van der Waals surface area contributed by atoms with Crippen molar-refractivity contribution in [3.05, 3.63) is 6.92 Å². The molecule has 0 radical (unpaired) electrons. The van der Waals surface area contributed by atoms with Crippen molar-refractivity contribution < 1.29 is 42.9 Å². The molecule has 4 N–H and O–H groups in total. The van der Waals surface area contributed by atoms with Crippen LogP contribution < -0.4 is 35.3 Å². The fraction of sp³-hybridized carbons (Fsp3) is 0.667. The zero-order chi connectivity index (χ0) is 7.91. The van der Waals surface area contributed by atoms with E-state index in [0.717, 1.165) is 6.42 Å². The molecule has 0 aliphatic rings. The van der Waals surface area contributed by atoms with Gasteiger partial charge < -0.3 is 12.7 Å². The molecule has 0 aliphatic carbocycles. The van der Waals surface area contributed by atoms with Crippen LogP contribution in [-0.4, -0.2) is 19.9 Å². The van der Waals surface area contributed by atoms with Crippen LogP contribution in [0, 0.1) is 6.92 Å². The molecule has 58 valence electrons. The monoisotopic (exact) mass is 195 g/mol. The maximum absolute atomic E-state index is 9.11. The molecule has 0 atom stereocenters. The van der Waals surface area contributed by atoms with E-state index >= 15 is 0 Å². The molecule has 0 bridgehead atoms. The van der Waals surface area contributed by atoms with Gasteiger partial charge in [0, 0.05) is 11.2 Å². The van der Waals surface area contributed by atoms with Crippen molar-refractivity contribution in [2.75, 3.05) is 6.54 Å². The average Bonchev–Trinajstić information content (AvgIpc) is 1.61. The molecule has 0 fully saturated rings. The molecule has 0 aromatic rings. The van der Waals surface area contributed by atoms with Gasteiger partial charge in [-0.1, -0.05) is 0 Å². The van der Waals surface area contributed by atoms with Gasteiger partial charge in [-0.2, -0.15) is 10.6 Å². The van der Waals surface area contributed by atoms with E-state index in [0.29, 0.717) is 6.54 Å². The van der Waals surface area contributed by atoms with Crippen LogP contribution in [0.2, 0.25) is 0 Å². The molecule has 0 aromatic heterocycles. The van der Waals surface area contributed by atoms with Gasteiger partial charge in [-0.3, -0.25) is 9.11 Å². The van der Waals surface area contributed by atoms with E-state index in [1.54, 1.807) is 0 Å². The van der Waals surface area contributed by atoms with E-state index in [1.807, 2.05) is 0 Å². The smallest absolute Gasteiger partial charge is 0.342 e. The third kappa shape index (κ3) is 124. The van der Waals surface area contributed by atoms with Gasteiger partial charge in [-0.05, 0) is 6.54 Å². The summed E-state index contributed by atoms with van der Waals surface area (Å²) in [6, 6.07) is 0. The number of hydrogen-bond donors (Lipinski definition) is 3. The average molecular weight is 195 g/mol. The number of nitrogens with two attached hydrogens (primary N) is 1. The second-order valence-electron chi connectivity index (χ2n) is 1.09. The fourth-order valence-electron chi connectivity index (χ4n) is 0. The summed E-state index contributed by atoms with van der Waals surface area (Å²) in [6.45, 7) is 4.19. The second kappa shape index (κ2) is 10.2. The van der Waals surface area contributed by atoms with Gasteiger partial charge in [0.25, 0.3) is 9.05 Å². The van der Waals surface area contributed by atoms with Crippen LogP contribution in [0.3, 0.4) is 0 Å². The Hall–Kier alpha value is 1.25. The summed E-state index contributed by atoms with van der Waals surface area (Å²) in [7, 11) is -3.83. The van der Waals surface area contributed by atoms with Crippen LogP contribution >= 0.6 is 0 Å². The second-order valence-corrected chi connectivity index (χ2v) is 3.29. The van der Waals surface area contributed by atoms with Gasteiger partial charge in [0.15, 0.2) is 0 Å². The summed E-state index contributed by atoms with van der Waals surface area (Å²) in [6.07, 6.45) is 0.847. The molecule has 4 nitrogen and oxygen atoms in total. The van der Waals surface area contributed by atoms with Crippen LogP contribution in [0.5, 0.6) is 0 Å². The van der Waals surface area contributed by atoms with Crippen LogP contribution in [0.1, 0.15) is 6.42 Å². The van der Waals surface area contributed by atoms with Gasteiger partial charge in [-0.25, -0.2) is 0 Å². The minimum Gasteiger partial charge on any atom is -0.342 e. The van der Waals surface area contributed by atoms with Gasteiger partial charge in [0.05, 0.1) is 0 Å². The van der Waals surface area contributed by atoms with Crippen LogP contribution in [-0.2, 0) is 20.2 Å². The molecule has 0 saturated carbocycles. The number of rotatable bonds is 1. The minimum atomic E-state index is -3.83. The van der Waals surface area contributed by atoms with Crippen molar-refractivity contribution in [1.29, 1.82) is 0 Å². The molecule has 0 heterocycles. The van der Waals surface area contributed by atoms with Crippen molar-refractivity contribution in [2.24, 2.45) is 5.73 Å². The molecule has 0 spiro atoms. The molecule has 0 amide bonds. The van der Waals surface area contributed by atoms with Crippen LogP contribution in [0.4, 0.5) is 0 Å². The summed E-state index contributed by atoms with van der Waals surface area (Å²) in [4.78, 5) is 0. The van der Waals surface area contributed by atoms with E-state index in [-0.39, 0.29) is 29.6 Å². The normalized spacial score (nSPS) is 8.80. The molecule has 0 aromatic carbocycles. The molecule has 0 rings (SSSR count). The first-order valence-corrected chi connectivity index (χ1v) is 4.50. The van der Waals surface area contributed by atoms with Gasteiger partial charge in [-0.15, -0.1) is 0 Å². The van der Waals surface area contributed by atoms with Crippen molar-refractivity contribution in [3.8, 4) is 0 Å². The minimum absolute atomic E-state index is 0. The van der Waals surface area contributed by atoms with Crippen molar-refractivity contribution in [2.45, 2.75) is 6.42 Å². The zero-order valence-electron chi connectivity index (χ0n) is 5.82. The first kappa shape index (κ1) is 17.4. The summed E-state index contributed by atoms with van der Waals surface area (Å²) >= 11 is 3.47.